The molecule has 2 N–H and O–H groups in total. The Kier molecular flexibility index (Phi) is 8.94. The van der Waals surface area contributed by atoms with Gasteiger partial charge in [0.1, 0.15) is 0 Å². The van der Waals surface area contributed by atoms with E-state index in [4.69, 9.17) is 0 Å². The summed E-state index contributed by atoms with van der Waals surface area (Å²) in [6.07, 6.45) is 0. The van der Waals surface area contributed by atoms with Gasteiger partial charge in [-0.3, -0.25) is 4.79 Å². The molecule has 0 aliphatic rings. The average Bonchev–Trinajstić information content (AvgIpc) is 2.34. The zero-order chi connectivity index (χ0) is 14.3. The Labute approximate surface area is 132 Å². The molecule has 1 amide bonds. The predicted octanol–water partition coefficient (Wildman–Crippen LogP) is 3.69. The lowest BCUT2D eigenvalue weighted by Gasteiger charge is -2.17. The second kappa shape index (κ2) is 9.27. The van der Waals surface area contributed by atoms with E-state index in [1.165, 1.54) is 0 Å². The molecule has 114 valence electrons. The van der Waals surface area contributed by atoms with E-state index in [1.807, 2.05) is 24.3 Å². The minimum atomic E-state index is 0. The minimum Gasteiger partial charge on any atom is -0.325 e. The number of para-hydroxylation sites is 1. The van der Waals surface area contributed by atoms with Gasteiger partial charge in [-0.05, 0) is 18.2 Å². The Bertz CT molecular complexity index is 419. The molecular formula is C15H25ClN2OS. The average molecular weight is 317 g/mol. The standard InChI is InChI=1S/C15H24N2OS.ClH/c1-5-16-10-12-8-6-7-9-13(12)17-14(18)11-19-15(2,3)4;/h6-9,16H,5,10-11H2,1-4H3,(H,17,18);1H. The molecule has 0 radical (unpaired) electrons. The van der Waals surface area contributed by atoms with Gasteiger partial charge in [0.25, 0.3) is 0 Å². The van der Waals surface area contributed by atoms with Crippen LogP contribution in [0.4, 0.5) is 5.69 Å². The third-order valence-corrected chi connectivity index (χ3v) is 3.77. The van der Waals surface area contributed by atoms with Crippen molar-refractivity contribution in [3.63, 3.8) is 0 Å². The molecular weight excluding hydrogens is 292 g/mol. The second-order valence-electron chi connectivity index (χ2n) is 5.39. The summed E-state index contributed by atoms with van der Waals surface area (Å²) in [7, 11) is 0. The van der Waals surface area contributed by atoms with E-state index >= 15 is 0 Å². The van der Waals surface area contributed by atoms with Crippen molar-refractivity contribution < 1.29 is 4.79 Å². The van der Waals surface area contributed by atoms with Gasteiger partial charge in [0.15, 0.2) is 0 Å². The van der Waals surface area contributed by atoms with Crippen LogP contribution in [0.1, 0.15) is 33.3 Å². The number of carbonyl (C=O) groups excluding carboxylic acids is 1. The van der Waals surface area contributed by atoms with Crippen LogP contribution in [0.15, 0.2) is 24.3 Å². The molecule has 3 nitrogen and oxygen atoms in total. The van der Waals surface area contributed by atoms with Crippen molar-refractivity contribution in [1.29, 1.82) is 0 Å². The van der Waals surface area contributed by atoms with E-state index in [-0.39, 0.29) is 23.1 Å². The van der Waals surface area contributed by atoms with Crippen molar-refractivity contribution >= 4 is 35.8 Å². The second-order valence-corrected chi connectivity index (χ2v) is 7.19. The monoisotopic (exact) mass is 316 g/mol. The van der Waals surface area contributed by atoms with E-state index < -0.39 is 0 Å². The Morgan fingerprint density at radius 3 is 2.50 bits per heavy atom. The highest BCUT2D eigenvalue weighted by Crippen LogP contribution is 2.23. The zero-order valence-corrected chi connectivity index (χ0v) is 14.3. The summed E-state index contributed by atoms with van der Waals surface area (Å²) >= 11 is 1.66. The summed E-state index contributed by atoms with van der Waals surface area (Å²) in [5.41, 5.74) is 2.03. The highest BCUT2D eigenvalue weighted by molar-refractivity contribution is 8.01. The number of nitrogens with one attached hydrogen (secondary N) is 2. The van der Waals surface area contributed by atoms with Crippen molar-refractivity contribution in [3.05, 3.63) is 29.8 Å². The quantitative estimate of drug-likeness (QED) is 0.841. The van der Waals surface area contributed by atoms with Crippen LogP contribution >= 0.6 is 24.2 Å². The molecule has 1 aromatic rings. The van der Waals surface area contributed by atoms with Gasteiger partial charge in [-0.15, -0.1) is 24.2 Å². The van der Waals surface area contributed by atoms with Gasteiger partial charge in [-0.2, -0.15) is 0 Å². The largest absolute Gasteiger partial charge is 0.325 e. The number of thioether (sulfide) groups is 1. The van der Waals surface area contributed by atoms with Gasteiger partial charge in [0.05, 0.1) is 5.75 Å². The summed E-state index contributed by atoms with van der Waals surface area (Å²) in [6.45, 7) is 10.1. The number of benzene rings is 1. The molecule has 0 fully saturated rings. The normalized spacial score (nSPS) is 10.8. The fourth-order valence-corrected chi connectivity index (χ4v) is 2.16. The lowest BCUT2D eigenvalue weighted by Crippen LogP contribution is -2.20. The Hall–Kier alpha value is -0.710. The highest BCUT2D eigenvalue weighted by Gasteiger charge is 2.14. The summed E-state index contributed by atoms with van der Waals surface area (Å²) in [5.74, 6) is 0.544. The first-order chi connectivity index (χ1) is 8.92. The van der Waals surface area contributed by atoms with Crippen molar-refractivity contribution in [2.24, 2.45) is 0 Å². The summed E-state index contributed by atoms with van der Waals surface area (Å²) < 4.78 is 0.112. The molecule has 0 atom stereocenters. The molecule has 1 rings (SSSR count). The fraction of sp³-hybridized carbons (Fsp3) is 0.533. The Morgan fingerprint density at radius 1 is 1.25 bits per heavy atom. The number of hydrogen-bond donors (Lipinski definition) is 2. The lowest BCUT2D eigenvalue weighted by molar-refractivity contribution is -0.113. The third-order valence-electron chi connectivity index (χ3n) is 2.49. The molecule has 0 saturated heterocycles. The molecule has 0 saturated carbocycles. The molecule has 0 unspecified atom stereocenters. The lowest BCUT2D eigenvalue weighted by atomic mass is 10.1. The minimum absolute atomic E-state index is 0. The van der Waals surface area contributed by atoms with Gasteiger partial charge in [-0.25, -0.2) is 0 Å². The highest BCUT2D eigenvalue weighted by atomic mass is 35.5. The number of halogens is 1. The number of amides is 1. The van der Waals surface area contributed by atoms with Crippen molar-refractivity contribution in [3.8, 4) is 0 Å². The maximum Gasteiger partial charge on any atom is 0.234 e. The first kappa shape index (κ1) is 19.3. The van der Waals surface area contributed by atoms with E-state index in [9.17, 15) is 4.79 Å². The predicted molar refractivity (Wildman–Crippen MR) is 91.9 cm³/mol. The molecule has 0 aliphatic carbocycles. The Balaban J connectivity index is 0.00000361. The Morgan fingerprint density at radius 2 is 1.90 bits per heavy atom. The third kappa shape index (κ3) is 7.78. The van der Waals surface area contributed by atoms with Crippen molar-refractivity contribution in [2.75, 3.05) is 17.6 Å². The van der Waals surface area contributed by atoms with E-state index in [0.717, 1.165) is 24.3 Å². The van der Waals surface area contributed by atoms with Crippen LogP contribution in [0, 0.1) is 0 Å². The number of anilines is 1. The van der Waals surface area contributed by atoms with Gasteiger partial charge < -0.3 is 10.6 Å². The topological polar surface area (TPSA) is 41.1 Å². The van der Waals surface area contributed by atoms with Crippen LogP contribution in [0.2, 0.25) is 0 Å². The van der Waals surface area contributed by atoms with Crippen LogP contribution in [0.3, 0.4) is 0 Å². The van der Waals surface area contributed by atoms with E-state index in [2.05, 4.69) is 38.3 Å². The first-order valence-electron chi connectivity index (χ1n) is 6.65. The van der Waals surface area contributed by atoms with Crippen LogP contribution in [-0.2, 0) is 11.3 Å². The van der Waals surface area contributed by atoms with Gasteiger partial charge in [-0.1, -0.05) is 45.9 Å². The molecule has 20 heavy (non-hydrogen) atoms. The molecule has 0 spiro atoms. The van der Waals surface area contributed by atoms with E-state index in [0.29, 0.717) is 5.75 Å². The molecule has 0 heterocycles. The molecule has 0 aromatic heterocycles. The van der Waals surface area contributed by atoms with Crippen molar-refractivity contribution in [1.82, 2.24) is 5.32 Å². The first-order valence-corrected chi connectivity index (χ1v) is 7.63. The maximum absolute atomic E-state index is 11.9. The zero-order valence-electron chi connectivity index (χ0n) is 12.7. The molecule has 5 heteroatoms. The van der Waals surface area contributed by atoms with Crippen LogP contribution in [0.5, 0.6) is 0 Å². The SMILES string of the molecule is CCNCc1ccccc1NC(=O)CSC(C)(C)C.Cl. The van der Waals surface area contributed by atoms with Crippen LogP contribution in [0.25, 0.3) is 0 Å². The van der Waals surface area contributed by atoms with Crippen LogP contribution in [-0.4, -0.2) is 23.0 Å². The molecule has 0 bridgehead atoms. The number of carbonyl (C=O) groups is 1. The van der Waals surface area contributed by atoms with Gasteiger partial charge >= 0.3 is 0 Å². The maximum atomic E-state index is 11.9. The molecule has 0 aliphatic heterocycles. The number of rotatable bonds is 6. The summed E-state index contributed by atoms with van der Waals surface area (Å²) in [5, 5.41) is 6.27. The van der Waals surface area contributed by atoms with Crippen molar-refractivity contribution in [2.45, 2.75) is 39.0 Å². The molecule has 1 aromatic carbocycles. The number of hydrogen-bond acceptors (Lipinski definition) is 3. The van der Waals surface area contributed by atoms with E-state index in [1.54, 1.807) is 11.8 Å². The smallest absolute Gasteiger partial charge is 0.234 e. The van der Waals surface area contributed by atoms with Crippen LogP contribution < -0.4 is 10.6 Å². The fourth-order valence-electron chi connectivity index (χ4n) is 1.52. The van der Waals surface area contributed by atoms with Gasteiger partial charge in [0.2, 0.25) is 5.91 Å². The summed E-state index contributed by atoms with van der Waals surface area (Å²) in [4.78, 5) is 11.9. The summed E-state index contributed by atoms with van der Waals surface area (Å²) in [6, 6.07) is 7.93. The van der Waals surface area contributed by atoms with Gasteiger partial charge in [0, 0.05) is 17.0 Å².